The van der Waals surface area contributed by atoms with Crippen LogP contribution < -0.4 is 0 Å². The van der Waals surface area contributed by atoms with E-state index < -0.39 is 0 Å². The number of fused-ring (bicyclic) bond motifs is 1. The van der Waals surface area contributed by atoms with Gasteiger partial charge in [0.1, 0.15) is 0 Å². The zero-order chi connectivity index (χ0) is 21.4. The second-order valence-electron chi connectivity index (χ2n) is 7.68. The van der Waals surface area contributed by atoms with Crippen molar-refractivity contribution < 1.29 is 9.32 Å². The fraction of sp³-hybridized carbons (Fsp3) is 0.333. The summed E-state index contributed by atoms with van der Waals surface area (Å²) < 4.78 is 7.02. The van der Waals surface area contributed by atoms with E-state index in [1.165, 1.54) is 5.56 Å². The number of hydrogen-bond acceptors (Lipinski definition) is 8. The molecule has 0 spiro atoms. The number of amides is 1. The first-order valence-corrected chi connectivity index (χ1v) is 10.2. The number of hydrogen-bond donors (Lipinski definition) is 0. The molecule has 3 aromatic heterocycles. The van der Waals surface area contributed by atoms with Crippen LogP contribution in [0.1, 0.15) is 27.8 Å². The van der Waals surface area contributed by atoms with E-state index in [1.807, 2.05) is 44.2 Å². The van der Waals surface area contributed by atoms with Gasteiger partial charge >= 0.3 is 0 Å². The van der Waals surface area contributed by atoms with E-state index in [0.717, 1.165) is 11.3 Å². The molecule has 4 aromatic rings. The maximum Gasteiger partial charge on any atom is 0.293 e. The lowest BCUT2D eigenvalue weighted by Crippen LogP contribution is -2.48. The van der Waals surface area contributed by atoms with Crippen LogP contribution in [-0.4, -0.2) is 71.6 Å². The summed E-state index contributed by atoms with van der Waals surface area (Å²) in [6.07, 6.45) is 1.66. The smallest absolute Gasteiger partial charge is 0.293 e. The van der Waals surface area contributed by atoms with Gasteiger partial charge in [0.2, 0.25) is 17.5 Å². The highest BCUT2D eigenvalue weighted by Crippen LogP contribution is 2.17. The molecule has 4 heterocycles. The van der Waals surface area contributed by atoms with Gasteiger partial charge in [0.05, 0.1) is 6.54 Å². The highest BCUT2D eigenvalue weighted by atomic mass is 16.5. The van der Waals surface area contributed by atoms with Crippen LogP contribution in [0, 0.1) is 13.8 Å². The lowest BCUT2D eigenvalue weighted by molar-refractivity contribution is 0.0603. The van der Waals surface area contributed by atoms with Gasteiger partial charge in [0.15, 0.2) is 0 Å². The predicted octanol–water partition coefficient (Wildman–Crippen LogP) is 1.75. The molecule has 0 bridgehead atoms. The molecule has 0 saturated carbocycles. The minimum absolute atomic E-state index is 0.176. The molecule has 1 aliphatic heterocycles. The predicted molar refractivity (Wildman–Crippen MR) is 111 cm³/mol. The fourth-order valence-electron chi connectivity index (χ4n) is 3.58. The Hall–Kier alpha value is -3.66. The summed E-state index contributed by atoms with van der Waals surface area (Å²) in [4.78, 5) is 29.7. The molecule has 0 N–H and O–H groups in total. The Morgan fingerprint density at radius 3 is 2.55 bits per heavy atom. The first-order chi connectivity index (χ1) is 15.1. The molecule has 0 aliphatic carbocycles. The van der Waals surface area contributed by atoms with Crippen molar-refractivity contribution in [3.8, 4) is 11.4 Å². The van der Waals surface area contributed by atoms with E-state index in [4.69, 9.17) is 4.52 Å². The van der Waals surface area contributed by atoms with Crippen molar-refractivity contribution in [1.82, 2.24) is 39.5 Å². The van der Waals surface area contributed by atoms with Gasteiger partial charge in [0, 0.05) is 43.6 Å². The fourth-order valence-corrected chi connectivity index (χ4v) is 3.58. The van der Waals surface area contributed by atoms with E-state index in [1.54, 1.807) is 15.6 Å². The number of aromatic nitrogens is 6. The summed E-state index contributed by atoms with van der Waals surface area (Å²) in [7, 11) is 0. The number of nitrogens with zero attached hydrogens (tertiary/aromatic N) is 8. The highest BCUT2D eigenvalue weighted by molar-refractivity contribution is 5.91. The first-order valence-electron chi connectivity index (χ1n) is 10.2. The summed E-state index contributed by atoms with van der Waals surface area (Å²) >= 11 is 0. The minimum atomic E-state index is -0.177. The summed E-state index contributed by atoms with van der Waals surface area (Å²) in [5, 5.41) is 8.41. The summed E-state index contributed by atoms with van der Waals surface area (Å²) in [5.74, 6) is 1.59. The topological polar surface area (TPSA) is 106 Å². The van der Waals surface area contributed by atoms with Gasteiger partial charge in [0.25, 0.3) is 11.7 Å². The molecule has 0 atom stereocenters. The van der Waals surface area contributed by atoms with E-state index >= 15 is 0 Å². The normalized spacial score (nSPS) is 15.0. The van der Waals surface area contributed by atoms with E-state index in [2.05, 4.69) is 30.1 Å². The monoisotopic (exact) mass is 418 g/mol. The number of rotatable bonds is 4. The van der Waals surface area contributed by atoms with Gasteiger partial charge in [-0.25, -0.2) is 9.50 Å². The molecule has 10 heteroatoms. The van der Waals surface area contributed by atoms with Crippen LogP contribution in [0.5, 0.6) is 0 Å². The molecule has 31 heavy (non-hydrogen) atoms. The standard InChI is InChI=1S/C21H22N8O2/c1-14-3-5-16(6-4-14)18-23-17(31-26-18)13-27-9-11-28(12-10-27)20(30)19-24-21-22-8-7-15(2)29(21)25-19/h3-8H,9-13H2,1-2H3. The lowest BCUT2D eigenvalue weighted by Gasteiger charge is -2.33. The van der Waals surface area contributed by atoms with Crippen molar-refractivity contribution in [3.63, 3.8) is 0 Å². The van der Waals surface area contributed by atoms with Crippen LogP contribution in [0.4, 0.5) is 0 Å². The molecular weight excluding hydrogens is 396 g/mol. The Morgan fingerprint density at radius 1 is 1.03 bits per heavy atom. The Balaban J connectivity index is 1.20. The number of benzene rings is 1. The van der Waals surface area contributed by atoms with E-state index in [9.17, 15) is 4.79 Å². The molecule has 10 nitrogen and oxygen atoms in total. The Labute approximate surface area is 178 Å². The van der Waals surface area contributed by atoms with Crippen LogP contribution in [0.15, 0.2) is 41.1 Å². The largest absolute Gasteiger partial charge is 0.338 e. The first kappa shape index (κ1) is 19.3. The molecular formula is C21H22N8O2. The van der Waals surface area contributed by atoms with Gasteiger partial charge in [-0.05, 0) is 19.9 Å². The maximum absolute atomic E-state index is 12.8. The molecule has 1 fully saturated rings. The lowest BCUT2D eigenvalue weighted by atomic mass is 10.1. The third kappa shape index (κ3) is 3.89. The third-order valence-corrected chi connectivity index (χ3v) is 5.42. The second-order valence-corrected chi connectivity index (χ2v) is 7.68. The van der Waals surface area contributed by atoms with Crippen LogP contribution in [-0.2, 0) is 6.54 Å². The van der Waals surface area contributed by atoms with Crippen LogP contribution in [0.25, 0.3) is 17.2 Å². The molecule has 5 rings (SSSR count). The number of piperazine rings is 1. The Bertz CT molecular complexity index is 1220. The minimum Gasteiger partial charge on any atom is -0.338 e. The van der Waals surface area contributed by atoms with E-state index in [-0.39, 0.29) is 11.7 Å². The number of carbonyl (C=O) groups is 1. The van der Waals surface area contributed by atoms with Crippen molar-refractivity contribution in [1.29, 1.82) is 0 Å². The molecule has 1 amide bonds. The molecule has 1 aromatic carbocycles. The zero-order valence-corrected chi connectivity index (χ0v) is 17.4. The van der Waals surface area contributed by atoms with Gasteiger partial charge < -0.3 is 9.42 Å². The number of carbonyl (C=O) groups excluding carboxylic acids is 1. The van der Waals surface area contributed by atoms with Crippen molar-refractivity contribution in [2.24, 2.45) is 0 Å². The van der Waals surface area contributed by atoms with Crippen molar-refractivity contribution in [3.05, 3.63) is 59.5 Å². The average Bonchev–Trinajstić information content (AvgIpc) is 3.42. The zero-order valence-electron chi connectivity index (χ0n) is 17.4. The van der Waals surface area contributed by atoms with Gasteiger partial charge in [-0.3, -0.25) is 9.69 Å². The Kier molecular flexibility index (Phi) is 4.91. The van der Waals surface area contributed by atoms with Crippen molar-refractivity contribution in [2.75, 3.05) is 26.2 Å². The molecule has 158 valence electrons. The van der Waals surface area contributed by atoms with Gasteiger partial charge in [-0.15, -0.1) is 5.10 Å². The molecule has 0 radical (unpaired) electrons. The quantitative estimate of drug-likeness (QED) is 0.494. The second kappa shape index (κ2) is 7.88. The van der Waals surface area contributed by atoms with Gasteiger partial charge in [-0.1, -0.05) is 35.0 Å². The van der Waals surface area contributed by atoms with Gasteiger partial charge in [-0.2, -0.15) is 9.97 Å². The molecule has 0 unspecified atom stereocenters. The van der Waals surface area contributed by atoms with Crippen LogP contribution in [0.2, 0.25) is 0 Å². The Morgan fingerprint density at radius 2 is 1.81 bits per heavy atom. The third-order valence-electron chi connectivity index (χ3n) is 5.42. The van der Waals surface area contributed by atoms with E-state index in [0.29, 0.717) is 50.2 Å². The summed E-state index contributed by atoms with van der Waals surface area (Å²) in [6, 6.07) is 9.85. The van der Waals surface area contributed by atoms with Crippen LogP contribution in [0.3, 0.4) is 0 Å². The number of aryl methyl sites for hydroxylation is 2. The van der Waals surface area contributed by atoms with Crippen molar-refractivity contribution >= 4 is 11.7 Å². The highest BCUT2D eigenvalue weighted by Gasteiger charge is 2.26. The molecule has 1 saturated heterocycles. The average molecular weight is 418 g/mol. The molecule has 1 aliphatic rings. The summed E-state index contributed by atoms with van der Waals surface area (Å²) in [6.45, 7) is 7.07. The van der Waals surface area contributed by atoms with Crippen molar-refractivity contribution in [2.45, 2.75) is 20.4 Å². The SMILES string of the molecule is Cc1ccc(-c2noc(CN3CCN(C(=O)c4nc5nccc(C)n5n4)CC3)n2)cc1. The van der Waals surface area contributed by atoms with Crippen LogP contribution >= 0.6 is 0 Å². The summed E-state index contributed by atoms with van der Waals surface area (Å²) in [5.41, 5.74) is 3.00. The maximum atomic E-state index is 12.8.